The van der Waals surface area contributed by atoms with E-state index in [9.17, 15) is 27.2 Å². The van der Waals surface area contributed by atoms with E-state index < -0.39 is 35.5 Å². The van der Waals surface area contributed by atoms with Gasteiger partial charge in [0.05, 0.1) is 17.2 Å². The molecule has 0 aliphatic carbocycles. The molecule has 0 fully saturated rings. The summed E-state index contributed by atoms with van der Waals surface area (Å²) in [4.78, 5) is 24.7. The summed E-state index contributed by atoms with van der Waals surface area (Å²) in [7, 11) is 0. The van der Waals surface area contributed by atoms with E-state index in [1.165, 1.54) is 25.1 Å². The summed E-state index contributed by atoms with van der Waals surface area (Å²) in [5.74, 6) is -1.57. The summed E-state index contributed by atoms with van der Waals surface area (Å²) in [6.07, 6.45) is -4.58. The van der Waals surface area contributed by atoms with Crippen LogP contribution in [0.3, 0.4) is 0 Å². The van der Waals surface area contributed by atoms with Crippen molar-refractivity contribution >= 4 is 29.2 Å². The highest BCUT2D eigenvalue weighted by atomic mass is 35.5. The number of anilines is 1. The van der Waals surface area contributed by atoms with Crippen LogP contribution in [-0.2, 0) is 11.0 Å². The molecule has 3 rings (SSSR count). The van der Waals surface area contributed by atoms with Crippen LogP contribution in [0.1, 0.15) is 24.1 Å². The van der Waals surface area contributed by atoms with Crippen LogP contribution in [0.2, 0.25) is 5.02 Å². The second-order valence-corrected chi connectivity index (χ2v) is 6.65. The molecule has 5 nitrogen and oxygen atoms in total. The second kappa shape index (κ2) is 7.75. The van der Waals surface area contributed by atoms with Crippen LogP contribution in [0.4, 0.5) is 28.0 Å². The Morgan fingerprint density at radius 2 is 1.86 bits per heavy atom. The number of nitrogens with one attached hydrogen (secondary N) is 3. The summed E-state index contributed by atoms with van der Waals surface area (Å²) in [5.41, 5.74) is -1.15. The van der Waals surface area contributed by atoms with E-state index in [1.807, 2.05) is 0 Å². The lowest BCUT2D eigenvalue weighted by Gasteiger charge is -2.29. The van der Waals surface area contributed by atoms with Crippen LogP contribution >= 0.6 is 11.6 Å². The van der Waals surface area contributed by atoms with E-state index in [0.29, 0.717) is 0 Å². The highest BCUT2D eigenvalue weighted by Gasteiger charge is 2.35. The van der Waals surface area contributed by atoms with Gasteiger partial charge in [0.1, 0.15) is 5.82 Å². The topological polar surface area (TPSA) is 70.2 Å². The number of rotatable bonds is 3. The second-order valence-electron chi connectivity index (χ2n) is 6.24. The molecular weight excluding hydrogens is 414 g/mol. The highest BCUT2D eigenvalue weighted by Crippen LogP contribution is 2.35. The Labute approximate surface area is 167 Å². The third-order valence-corrected chi connectivity index (χ3v) is 4.58. The van der Waals surface area contributed by atoms with E-state index in [1.54, 1.807) is 0 Å². The summed E-state index contributed by atoms with van der Waals surface area (Å²) >= 11 is 6.07. The standard InChI is InChI=1S/C19H14ClF4N3O2/c1-9-14(17(28)26-11-5-2-4-10(8-11)19(22,23)24)16(27-18(29)25-9)15-12(20)6-3-7-13(15)21/h2-8,16H,1H3,(H,26,28)(H2,25,27,29)/t16-/m0/s1. The van der Waals surface area contributed by atoms with E-state index in [2.05, 4.69) is 16.0 Å². The van der Waals surface area contributed by atoms with Gasteiger partial charge in [0.2, 0.25) is 0 Å². The number of urea groups is 1. The van der Waals surface area contributed by atoms with Crippen molar-refractivity contribution in [2.75, 3.05) is 5.32 Å². The van der Waals surface area contributed by atoms with E-state index in [4.69, 9.17) is 11.6 Å². The normalized spacial score (nSPS) is 16.9. The Morgan fingerprint density at radius 3 is 2.52 bits per heavy atom. The fourth-order valence-electron chi connectivity index (χ4n) is 2.97. The van der Waals surface area contributed by atoms with E-state index in [-0.39, 0.29) is 27.5 Å². The number of carbonyl (C=O) groups is 2. The molecule has 0 spiro atoms. The zero-order valence-electron chi connectivity index (χ0n) is 14.8. The summed E-state index contributed by atoms with van der Waals surface area (Å²) in [6.45, 7) is 1.42. The van der Waals surface area contributed by atoms with Crippen molar-refractivity contribution in [3.63, 3.8) is 0 Å². The van der Waals surface area contributed by atoms with Crippen molar-refractivity contribution in [2.24, 2.45) is 0 Å². The van der Waals surface area contributed by atoms with Gasteiger partial charge in [-0.05, 0) is 37.3 Å². The van der Waals surface area contributed by atoms with Gasteiger partial charge >= 0.3 is 12.2 Å². The van der Waals surface area contributed by atoms with Gasteiger partial charge < -0.3 is 16.0 Å². The monoisotopic (exact) mass is 427 g/mol. The van der Waals surface area contributed by atoms with E-state index in [0.717, 1.165) is 24.3 Å². The van der Waals surface area contributed by atoms with Crippen molar-refractivity contribution in [1.29, 1.82) is 0 Å². The molecule has 0 aromatic heterocycles. The molecule has 152 valence electrons. The molecule has 0 radical (unpaired) electrons. The molecule has 2 aromatic carbocycles. The quantitative estimate of drug-likeness (QED) is 0.618. The van der Waals surface area contributed by atoms with Gasteiger partial charge in [-0.2, -0.15) is 13.2 Å². The maximum atomic E-state index is 14.4. The molecule has 1 atom stereocenters. The Kier molecular flexibility index (Phi) is 5.52. The molecule has 3 amide bonds. The van der Waals surface area contributed by atoms with Crippen molar-refractivity contribution in [2.45, 2.75) is 19.1 Å². The van der Waals surface area contributed by atoms with Gasteiger partial charge in [-0.3, -0.25) is 4.79 Å². The Hall–Kier alpha value is -3.07. The first kappa shape index (κ1) is 20.7. The van der Waals surface area contributed by atoms with Crippen molar-refractivity contribution < 1.29 is 27.2 Å². The lowest BCUT2D eigenvalue weighted by molar-refractivity contribution is -0.137. The number of hydrogen-bond acceptors (Lipinski definition) is 2. The van der Waals surface area contributed by atoms with Gasteiger partial charge in [0, 0.05) is 22.0 Å². The predicted molar refractivity (Wildman–Crippen MR) is 98.6 cm³/mol. The molecule has 1 heterocycles. The van der Waals surface area contributed by atoms with Crippen LogP contribution in [0.25, 0.3) is 0 Å². The minimum atomic E-state index is -4.58. The first-order chi connectivity index (χ1) is 13.6. The number of hydrogen-bond donors (Lipinski definition) is 3. The minimum absolute atomic E-state index is 0.0191. The smallest absolute Gasteiger partial charge is 0.327 e. The lowest BCUT2D eigenvalue weighted by Crippen LogP contribution is -2.46. The molecule has 2 aromatic rings. The van der Waals surface area contributed by atoms with Crippen LogP contribution in [0, 0.1) is 5.82 Å². The molecule has 1 aliphatic heterocycles. The summed E-state index contributed by atoms with van der Waals surface area (Å²) < 4.78 is 53.1. The molecule has 10 heteroatoms. The number of benzene rings is 2. The van der Waals surface area contributed by atoms with Crippen molar-refractivity contribution in [1.82, 2.24) is 10.6 Å². The summed E-state index contributed by atoms with van der Waals surface area (Å²) in [5, 5.41) is 7.15. The van der Waals surface area contributed by atoms with Gasteiger partial charge in [-0.25, -0.2) is 9.18 Å². The van der Waals surface area contributed by atoms with Crippen LogP contribution < -0.4 is 16.0 Å². The zero-order chi connectivity index (χ0) is 21.3. The van der Waals surface area contributed by atoms with Crippen LogP contribution in [0.5, 0.6) is 0 Å². The predicted octanol–water partition coefficient (Wildman–Crippen LogP) is 4.76. The third-order valence-electron chi connectivity index (χ3n) is 4.25. The Bertz CT molecular complexity index is 1000. The number of halogens is 5. The molecule has 0 saturated carbocycles. The van der Waals surface area contributed by atoms with Crippen LogP contribution in [-0.4, -0.2) is 11.9 Å². The number of amides is 3. The summed E-state index contributed by atoms with van der Waals surface area (Å²) in [6, 6.07) is 6.03. The molecule has 29 heavy (non-hydrogen) atoms. The molecular formula is C19H14ClF4N3O2. The average molecular weight is 428 g/mol. The van der Waals surface area contributed by atoms with Gasteiger partial charge in [0.25, 0.3) is 5.91 Å². The first-order valence-electron chi connectivity index (χ1n) is 8.28. The molecule has 0 bridgehead atoms. The SMILES string of the molecule is CC1=C(C(=O)Nc2cccc(C(F)(F)F)c2)[C@@H](c2c(F)cccc2Cl)NC(=O)N1. The molecule has 3 N–H and O–H groups in total. The van der Waals surface area contributed by atoms with Gasteiger partial charge in [-0.15, -0.1) is 0 Å². The fourth-order valence-corrected chi connectivity index (χ4v) is 3.24. The van der Waals surface area contributed by atoms with Gasteiger partial charge in [-0.1, -0.05) is 23.7 Å². The lowest BCUT2D eigenvalue weighted by atomic mass is 9.94. The highest BCUT2D eigenvalue weighted by molar-refractivity contribution is 6.31. The average Bonchev–Trinajstić information content (AvgIpc) is 2.60. The number of alkyl halides is 3. The Morgan fingerprint density at radius 1 is 1.17 bits per heavy atom. The third kappa shape index (κ3) is 4.34. The zero-order valence-corrected chi connectivity index (χ0v) is 15.6. The molecule has 0 saturated heterocycles. The molecule has 0 unspecified atom stereocenters. The maximum absolute atomic E-state index is 14.4. The largest absolute Gasteiger partial charge is 0.416 e. The van der Waals surface area contributed by atoms with Crippen molar-refractivity contribution in [3.8, 4) is 0 Å². The van der Waals surface area contributed by atoms with Gasteiger partial charge in [0.15, 0.2) is 0 Å². The molecule has 1 aliphatic rings. The Balaban J connectivity index is 1.99. The fraction of sp³-hybridized carbons (Fsp3) is 0.158. The number of allylic oxidation sites excluding steroid dienone is 1. The minimum Gasteiger partial charge on any atom is -0.327 e. The first-order valence-corrected chi connectivity index (χ1v) is 8.66. The van der Waals surface area contributed by atoms with Crippen LogP contribution in [0.15, 0.2) is 53.7 Å². The maximum Gasteiger partial charge on any atom is 0.416 e. The number of carbonyl (C=O) groups excluding carboxylic acids is 2. The van der Waals surface area contributed by atoms with Crippen molar-refractivity contribution in [3.05, 3.63) is 75.7 Å². The van der Waals surface area contributed by atoms with E-state index >= 15 is 0 Å².